The Balaban J connectivity index is 1.96. The van der Waals surface area contributed by atoms with Gasteiger partial charge in [0.15, 0.2) is 5.82 Å². The maximum atomic E-state index is 6.22. The van der Waals surface area contributed by atoms with Gasteiger partial charge in [-0.05, 0) is 44.6 Å². The third-order valence-corrected chi connectivity index (χ3v) is 4.89. The summed E-state index contributed by atoms with van der Waals surface area (Å²) < 4.78 is 5.77. The number of methoxy groups -OCH3 is 1. The zero-order chi connectivity index (χ0) is 13.3. The smallest absolute Gasteiger partial charge is 0.162 e. The van der Waals surface area contributed by atoms with Crippen LogP contribution in [0.25, 0.3) is 0 Å². The first kappa shape index (κ1) is 13.3. The monoisotopic (exact) mass is 280 g/mol. The van der Waals surface area contributed by atoms with E-state index in [4.69, 9.17) is 21.3 Å². The van der Waals surface area contributed by atoms with Gasteiger partial charge in [0.2, 0.25) is 0 Å². The molecule has 2 fully saturated rings. The number of nitrogens with zero attached hydrogens (tertiary/aromatic N) is 2. The van der Waals surface area contributed by atoms with Crippen molar-refractivity contribution in [3.05, 3.63) is 22.7 Å². The highest BCUT2D eigenvalue weighted by atomic mass is 35.5. The molecule has 3 rings (SSSR count). The van der Waals surface area contributed by atoms with E-state index in [-0.39, 0.29) is 5.60 Å². The molecule has 0 radical (unpaired) electrons. The normalized spacial score (nSPS) is 23.1. The molecule has 0 unspecified atom stereocenters. The van der Waals surface area contributed by atoms with Crippen molar-refractivity contribution in [1.82, 2.24) is 9.97 Å². The summed E-state index contributed by atoms with van der Waals surface area (Å²) in [5, 5.41) is 0.565. The first-order valence-corrected chi connectivity index (χ1v) is 7.71. The number of aromatic nitrogens is 2. The summed E-state index contributed by atoms with van der Waals surface area (Å²) in [7, 11) is 1.77. The zero-order valence-corrected chi connectivity index (χ0v) is 12.2. The largest absolute Gasteiger partial charge is 0.370 e. The molecule has 0 bridgehead atoms. The predicted molar refractivity (Wildman–Crippen MR) is 75.4 cm³/mol. The Bertz CT molecular complexity index is 451. The average molecular weight is 281 g/mol. The van der Waals surface area contributed by atoms with Crippen LogP contribution in [0.3, 0.4) is 0 Å². The number of halogens is 1. The summed E-state index contributed by atoms with van der Waals surface area (Å²) in [4.78, 5) is 9.28. The number of rotatable bonds is 3. The molecule has 4 heteroatoms. The molecule has 1 heterocycles. The van der Waals surface area contributed by atoms with Gasteiger partial charge < -0.3 is 4.74 Å². The van der Waals surface area contributed by atoms with Crippen LogP contribution in [0.4, 0.5) is 0 Å². The van der Waals surface area contributed by atoms with E-state index in [2.05, 4.69) is 4.98 Å². The summed E-state index contributed by atoms with van der Waals surface area (Å²) in [6.07, 6.45) is 9.44. The summed E-state index contributed by atoms with van der Waals surface area (Å²) in [5.74, 6) is 1.37. The quantitative estimate of drug-likeness (QED) is 0.778. The topological polar surface area (TPSA) is 35.0 Å². The van der Waals surface area contributed by atoms with Gasteiger partial charge in [0.25, 0.3) is 0 Å². The standard InChI is InChI=1S/C15H21ClN2O/c1-19-15(8-4-5-9-15)14-17-12(10-13(16)18-14)11-6-2-3-7-11/h10-11H,2-9H2,1H3. The van der Waals surface area contributed by atoms with Gasteiger partial charge in [0.1, 0.15) is 10.8 Å². The highest BCUT2D eigenvalue weighted by Crippen LogP contribution is 2.41. The van der Waals surface area contributed by atoms with Crippen molar-refractivity contribution in [1.29, 1.82) is 0 Å². The Morgan fingerprint density at radius 2 is 1.84 bits per heavy atom. The van der Waals surface area contributed by atoms with Crippen molar-refractivity contribution in [2.24, 2.45) is 0 Å². The van der Waals surface area contributed by atoms with Gasteiger partial charge in [-0.25, -0.2) is 9.97 Å². The number of ether oxygens (including phenoxy) is 1. The first-order chi connectivity index (χ1) is 9.23. The lowest BCUT2D eigenvalue weighted by Crippen LogP contribution is -2.28. The molecule has 0 spiro atoms. The fourth-order valence-electron chi connectivity index (χ4n) is 3.53. The van der Waals surface area contributed by atoms with Crippen molar-refractivity contribution in [2.45, 2.75) is 62.9 Å². The summed E-state index contributed by atoms with van der Waals surface area (Å²) in [6, 6.07) is 1.94. The molecule has 19 heavy (non-hydrogen) atoms. The molecular formula is C15H21ClN2O. The Hall–Kier alpha value is -0.670. The lowest BCUT2D eigenvalue weighted by Gasteiger charge is -2.26. The van der Waals surface area contributed by atoms with E-state index in [1.54, 1.807) is 7.11 Å². The summed E-state index contributed by atoms with van der Waals surface area (Å²) >= 11 is 6.22. The highest BCUT2D eigenvalue weighted by Gasteiger charge is 2.39. The van der Waals surface area contributed by atoms with Crippen LogP contribution >= 0.6 is 11.6 Å². The van der Waals surface area contributed by atoms with Crippen molar-refractivity contribution in [3.63, 3.8) is 0 Å². The lowest BCUT2D eigenvalue weighted by atomic mass is 9.99. The van der Waals surface area contributed by atoms with Crippen LogP contribution < -0.4 is 0 Å². The zero-order valence-electron chi connectivity index (χ0n) is 11.5. The molecule has 2 saturated carbocycles. The fourth-order valence-corrected chi connectivity index (χ4v) is 3.73. The van der Waals surface area contributed by atoms with Crippen LogP contribution in [0, 0.1) is 0 Å². The molecule has 0 atom stereocenters. The SMILES string of the molecule is COC1(c2nc(Cl)cc(C3CCCC3)n2)CCCC1. The van der Waals surface area contributed by atoms with Crippen molar-refractivity contribution < 1.29 is 4.74 Å². The number of hydrogen-bond donors (Lipinski definition) is 0. The lowest BCUT2D eigenvalue weighted by molar-refractivity contribution is -0.0165. The molecular weight excluding hydrogens is 260 g/mol. The van der Waals surface area contributed by atoms with E-state index >= 15 is 0 Å². The van der Waals surface area contributed by atoms with E-state index in [0.29, 0.717) is 11.1 Å². The van der Waals surface area contributed by atoms with Crippen LogP contribution in [0.1, 0.15) is 68.8 Å². The van der Waals surface area contributed by atoms with Crippen molar-refractivity contribution >= 4 is 11.6 Å². The summed E-state index contributed by atoms with van der Waals surface area (Å²) in [6.45, 7) is 0. The summed E-state index contributed by atoms with van der Waals surface area (Å²) in [5.41, 5.74) is 0.828. The Morgan fingerprint density at radius 1 is 1.16 bits per heavy atom. The van der Waals surface area contributed by atoms with Gasteiger partial charge in [-0.15, -0.1) is 0 Å². The Morgan fingerprint density at radius 3 is 2.47 bits per heavy atom. The fraction of sp³-hybridized carbons (Fsp3) is 0.733. The second kappa shape index (κ2) is 5.37. The second-order valence-corrected chi connectivity index (χ2v) is 6.21. The van der Waals surface area contributed by atoms with Gasteiger partial charge in [-0.3, -0.25) is 0 Å². The molecule has 0 saturated heterocycles. The second-order valence-electron chi connectivity index (χ2n) is 5.83. The molecule has 0 amide bonds. The minimum absolute atomic E-state index is 0.293. The van der Waals surface area contributed by atoms with Gasteiger partial charge in [0.05, 0.1) is 0 Å². The van der Waals surface area contributed by atoms with Crippen LogP contribution in [0.15, 0.2) is 6.07 Å². The molecule has 0 N–H and O–H groups in total. The van der Waals surface area contributed by atoms with E-state index in [1.807, 2.05) is 6.07 Å². The van der Waals surface area contributed by atoms with E-state index in [9.17, 15) is 0 Å². The molecule has 0 aliphatic heterocycles. The van der Waals surface area contributed by atoms with Crippen LogP contribution in [0.5, 0.6) is 0 Å². The minimum atomic E-state index is -0.293. The van der Waals surface area contributed by atoms with Gasteiger partial charge in [-0.2, -0.15) is 0 Å². The molecule has 1 aromatic heterocycles. The van der Waals surface area contributed by atoms with Crippen LogP contribution in [-0.4, -0.2) is 17.1 Å². The van der Waals surface area contributed by atoms with Gasteiger partial charge in [-0.1, -0.05) is 24.4 Å². The average Bonchev–Trinajstić information content (AvgIpc) is 3.10. The third-order valence-electron chi connectivity index (χ3n) is 4.70. The van der Waals surface area contributed by atoms with Crippen molar-refractivity contribution in [2.75, 3.05) is 7.11 Å². The first-order valence-electron chi connectivity index (χ1n) is 7.34. The molecule has 2 aliphatic rings. The number of hydrogen-bond acceptors (Lipinski definition) is 3. The van der Waals surface area contributed by atoms with E-state index in [1.165, 1.54) is 38.5 Å². The molecule has 3 nitrogen and oxygen atoms in total. The molecule has 0 aromatic carbocycles. The van der Waals surface area contributed by atoms with Crippen LogP contribution in [0.2, 0.25) is 5.15 Å². The minimum Gasteiger partial charge on any atom is -0.370 e. The maximum Gasteiger partial charge on any atom is 0.162 e. The molecule has 2 aliphatic carbocycles. The molecule has 1 aromatic rings. The van der Waals surface area contributed by atoms with E-state index < -0.39 is 0 Å². The predicted octanol–water partition coefficient (Wildman–Crippen LogP) is 4.20. The van der Waals surface area contributed by atoms with Gasteiger partial charge in [0, 0.05) is 18.7 Å². The maximum absolute atomic E-state index is 6.22. The van der Waals surface area contributed by atoms with Crippen LogP contribution in [-0.2, 0) is 10.3 Å². The van der Waals surface area contributed by atoms with Crippen molar-refractivity contribution in [3.8, 4) is 0 Å². The Labute approximate surface area is 119 Å². The Kier molecular flexibility index (Phi) is 3.77. The highest BCUT2D eigenvalue weighted by molar-refractivity contribution is 6.29. The third kappa shape index (κ3) is 2.50. The van der Waals surface area contributed by atoms with E-state index in [0.717, 1.165) is 24.4 Å². The van der Waals surface area contributed by atoms with Gasteiger partial charge >= 0.3 is 0 Å². The molecule has 104 valence electrons.